The molecule has 3 rings (SSSR count). The van der Waals surface area contributed by atoms with Crippen LogP contribution in [0.1, 0.15) is 22.2 Å². The van der Waals surface area contributed by atoms with Gasteiger partial charge in [-0.25, -0.2) is 0 Å². The first-order valence-corrected chi connectivity index (χ1v) is 6.77. The lowest BCUT2D eigenvalue weighted by molar-refractivity contribution is 0.752. The largest absolute Gasteiger partial charge is 0.306 e. The highest BCUT2D eigenvalue weighted by atomic mass is 35.5. The second-order valence-electron chi connectivity index (χ2n) is 3.99. The lowest BCUT2D eigenvalue weighted by atomic mass is 10.2. The fourth-order valence-electron chi connectivity index (χ4n) is 1.96. The van der Waals surface area contributed by atoms with Crippen molar-refractivity contribution in [2.45, 2.75) is 12.0 Å². The molecule has 4 heteroatoms. The van der Waals surface area contributed by atoms with Crippen molar-refractivity contribution in [3.63, 3.8) is 0 Å². The lowest BCUT2D eigenvalue weighted by Crippen LogP contribution is -2.26. The van der Waals surface area contributed by atoms with Gasteiger partial charge in [0.25, 0.3) is 0 Å². The monoisotopic (exact) mass is 262 g/mol. The molecule has 1 aromatic carbocycles. The van der Waals surface area contributed by atoms with Gasteiger partial charge in [0.2, 0.25) is 0 Å². The van der Waals surface area contributed by atoms with Crippen LogP contribution in [0.5, 0.6) is 0 Å². The standard InChI is InChI=1S/C13H11ClN2S/c14-7-8-1-2-9-6-12-10(3-4-17-12)13(15)16-11(9)5-8/h1-6,13H,7,15H2. The van der Waals surface area contributed by atoms with Gasteiger partial charge in [-0.1, -0.05) is 12.1 Å². The number of hydrogen-bond donors (Lipinski definition) is 1. The highest BCUT2D eigenvalue weighted by Crippen LogP contribution is 2.24. The first-order chi connectivity index (χ1) is 8.28. The molecule has 2 aromatic rings. The van der Waals surface area contributed by atoms with Crippen LogP contribution in [0.15, 0.2) is 34.6 Å². The van der Waals surface area contributed by atoms with Crippen LogP contribution in [0.3, 0.4) is 0 Å². The van der Waals surface area contributed by atoms with E-state index in [0.717, 1.165) is 21.7 Å². The van der Waals surface area contributed by atoms with Crippen molar-refractivity contribution in [3.05, 3.63) is 56.2 Å². The van der Waals surface area contributed by atoms with Gasteiger partial charge in [-0.15, -0.1) is 22.9 Å². The number of nitrogens with two attached hydrogens (primary N) is 1. The summed E-state index contributed by atoms with van der Waals surface area (Å²) in [4.78, 5) is 5.75. The summed E-state index contributed by atoms with van der Waals surface area (Å²) in [5, 5.41) is 4.09. The molecule has 2 N–H and O–H groups in total. The first kappa shape index (κ1) is 11.0. The second kappa shape index (κ2) is 4.26. The Morgan fingerprint density at radius 3 is 3.06 bits per heavy atom. The highest BCUT2D eigenvalue weighted by Gasteiger charge is 2.12. The number of halogens is 1. The van der Waals surface area contributed by atoms with Crippen molar-refractivity contribution >= 4 is 29.0 Å². The number of nitrogens with zero attached hydrogens (tertiary/aromatic N) is 1. The summed E-state index contributed by atoms with van der Waals surface area (Å²) in [6.07, 6.45) is 1.86. The fourth-order valence-corrected chi connectivity index (χ4v) is 3.01. The molecule has 1 unspecified atom stereocenters. The average molecular weight is 263 g/mol. The number of rotatable bonds is 1. The van der Waals surface area contributed by atoms with Crippen molar-refractivity contribution in [2.24, 2.45) is 10.7 Å². The molecule has 86 valence electrons. The Kier molecular flexibility index (Phi) is 2.74. The molecule has 0 aliphatic carbocycles. The van der Waals surface area contributed by atoms with Crippen LogP contribution >= 0.6 is 22.9 Å². The van der Waals surface area contributed by atoms with Crippen molar-refractivity contribution in [3.8, 4) is 0 Å². The van der Waals surface area contributed by atoms with Gasteiger partial charge in [-0.05, 0) is 29.2 Å². The molecule has 1 atom stereocenters. The van der Waals surface area contributed by atoms with Crippen LogP contribution in [0.25, 0.3) is 6.08 Å². The first-order valence-electron chi connectivity index (χ1n) is 5.35. The van der Waals surface area contributed by atoms with Crippen molar-refractivity contribution in [1.82, 2.24) is 0 Å². The minimum absolute atomic E-state index is 0.278. The maximum Gasteiger partial charge on any atom is 0.125 e. The van der Waals surface area contributed by atoms with Gasteiger partial charge in [-0.3, -0.25) is 4.99 Å². The zero-order chi connectivity index (χ0) is 11.8. The third-order valence-corrected chi connectivity index (χ3v) is 4.05. The summed E-state index contributed by atoms with van der Waals surface area (Å²) in [5.74, 6) is 0.500. The van der Waals surface area contributed by atoms with Gasteiger partial charge in [0.15, 0.2) is 0 Å². The number of hydrogen-bond acceptors (Lipinski definition) is 3. The van der Waals surface area contributed by atoms with Gasteiger partial charge in [-0.2, -0.15) is 0 Å². The number of benzene rings is 1. The van der Waals surface area contributed by atoms with Gasteiger partial charge in [0.1, 0.15) is 6.17 Å². The van der Waals surface area contributed by atoms with Gasteiger partial charge in [0.05, 0.1) is 5.36 Å². The van der Waals surface area contributed by atoms with E-state index < -0.39 is 0 Å². The second-order valence-corrected chi connectivity index (χ2v) is 5.20. The van der Waals surface area contributed by atoms with Crippen molar-refractivity contribution < 1.29 is 0 Å². The number of fused-ring (bicyclic) bond motifs is 2. The molecule has 0 fully saturated rings. The van der Waals surface area contributed by atoms with Crippen molar-refractivity contribution in [1.29, 1.82) is 0 Å². The summed E-state index contributed by atoms with van der Waals surface area (Å²) in [6, 6.07) is 8.13. The molecule has 1 aliphatic heterocycles. The van der Waals surface area contributed by atoms with Gasteiger partial charge < -0.3 is 5.73 Å². The smallest absolute Gasteiger partial charge is 0.125 e. The third-order valence-electron chi connectivity index (χ3n) is 2.86. The van der Waals surface area contributed by atoms with E-state index in [2.05, 4.69) is 22.5 Å². The SMILES string of the molecule is NC1N=c2cc(CCl)ccc2=Cc2sccc21. The van der Waals surface area contributed by atoms with Crippen molar-refractivity contribution in [2.75, 3.05) is 0 Å². The molecule has 0 bridgehead atoms. The van der Waals surface area contributed by atoms with Crippen LogP contribution in [0, 0.1) is 0 Å². The maximum absolute atomic E-state index is 6.08. The fraction of sp³-hybridized carbons (Fsp3) is 0.154. The Labute approximate surface area is 108 Å². The molecule has 0 radical (unpaired) electrons. The predicted molar refractivity (Wildman–Crippen MR) is 71.6 cm³/mol. The zero-order valence-corrected chi connectivity index (χ0v) is 10.6. The van der Waals surface area contributed by atoms with E-state index >= 15 is 0 Å². The van der Waals surface area contributed by atoms with E-state index in [1.165, 1.54) is 4.88 Å². The van der Waals surface area contributed by atoms with E-state index in [4.69, 9.17) is 17.3 Å². The van der Waals surface area contributed by atoms with Gasteiger partial charge >= 0.3 is 0 Å². The molecule has 0 saturated heterocycles. The third kappa shape index (κ3) is 1.90. The van der Waals surface area contributed by atoms with E-state index in [1.807, 2.05) is 18.2 Å². The summed E-state index contributed by atoms with van der Waals surface area (Å²) in [7, 11) is 0. The molecule has 2 nitrogen and oxygen atoms in total. The molecular formula is C13H11ClN2S. The molecule has 0 saturated carbocycles. The topological polar surface area (TPSA) is 38.4 Å². The Morgan fingerprint density at radius 2 is 2.24 bits per heavy atom. The molecule has 1 aliphatic rings. The van der Waals surface area contributed by atoms with Gasteiger partial charge in [0, 0.05) is 21.5 Å². The normalized spacial score (nSPS) is 17.4. The van der Waals surface area contributed by atoms with Crippen LogP contribution in [-0.4, -0.2) is 0 Å². The van der Waals surface area contributed by atoms with E-state index in [1.54, 1.807) is 11.3 Å². The molecule has 1 aromatic heterocycles. The number of thiophene rings is 1. The van der Waals surface area contributed by atoms with E-state index in [0.29, 0.717) is 5.88 Å². The highest BCUT2D eigenvalue weighted by molar-refractivity contribution is 7.11. The Balaban J connectivity index is 2.31. The summed E-state index contributed by atoms with van der Waals surface area (Å²) < 4.78 is 0. The molecule has 0 amide bonds. The minimum Gasteiger partial charge on any atom is -0.306 e. The van der Waals surface area contributed by atoms with Crippen LogP contribution < -0.4 is 16.3 Å². The maximum atomic E-state index is 6.08. The summed E-state index contributed by atoms with van der Waals surface area (Å²) in [6.45, 7) is 0. The van der Waals surface area contributed by atoms with Crippen LogP contribution in [0.4, 0.5) is 0 Å². The molecule has 2 heterocycles. The quantitative estimate of drug-likeness (QED) is 0.784. The average Bonchev–Trinajstić information content (AvgIpc) is 2.75. The van der Waals surface area contributed by atoms with E-state index in [9.17, 15) is 0 Å². The molecule has 17 heavy (non-hydrogen) atoms. The zero-order valence-electron chi connectivity index (χ0n) is 9.06. The Hall–Kier alpha value is -1.16. The predicted octanol–water partition coefficient (Wildman–Crippen LogP) is 1.91. The summed E-state index contributed by atoms with van der Waals surface area (Å²) >= 11 is 7.53. The number of alkyl halides is 1. The van der Waals surface area contributed by atoms with Crippen LogP contribution in [-0.2, 0) is 5.88 Å². The van der Waals surface area contributed by atoms with E-state index in [-0.39, 0.29) is 6.17 Å². The lowest BCUT2D eigenvalue weighted by Gasteiger charge is -2.03. The summed E-state index contributed by atoms with van der Waals surface area (Å²) in [5.41, 5.74) is 8.25. The molecular weight excluding hydrogens is 252 g/mol. The Bertz CT molecular complexity index is 675. The molecule has 0 spiro atoms. The minimum atomic E-state index is -0.278. The Morgan fingerprint density at radius 1 is 1.35 bits per heavy atom. The van der Waals surface area contributed by atoms with Crippen LogP contribution in [0.2, 0.25) is 0 Å².